The molecule has 4 rings (SSSR count). The first-order valence-corrected chi connectivity index (χ1v) is 11.8. The summed E-state index contributed by atoms with van der Waals surface area (Å²) in [4.78, 5) is 36.6. The van der Waals surface area contributed by atoms with Gasteiger partial charge in [-0.05, 0) is 36.6 Å². The van der Waals surface area contributed by atoms with Gasteiger partial charge in [-0.3, -0.25) is 4.79 Å². The number of anilines is 2. The second-order valence-electron chi connectivity index (χ2n) is 8.37. The fourth-order valence-electron chi connectivity index (χ4n) is 3.97. The second kappa shape index (κ2) is 11.2. The zero-order valence-corrected chi connectivity index (χ0v) is 20.0. The first-order valence-electron chi connectivity index (χ1n) is 11.5. The number of amides is 3. The molecule has 0 saturated heterocycles. The van der Waals surface area contributed by atoms with Gasteiger partial charge in [0.15, 0.2) is 0 Å². The molecule has 3 amide bonds. The Morgan fingerprint density at radius 1 is 1.20 bits per heavy atom. The van der Waals surface area contributed by atoms with Gasteiger partial charge in [0.25, 0.3) is 5.91 Å². The van der Waals surface area contributed by atoms with Crippen LogP contribution in [0.2, 0.25) is 5.02 Å². The summed E-state index contributed by atoms with van der Waals surface area (Å²) in [6.07, 6.45) is 8.89. The number of urea groups is 1. The van der Waals surface area contributed by atoms with Crippen LogP contribution in [-0.4, -0.2) is 40.0 Å². The Morgan fingerprint density at radius 3 is 2.74 bits per heavy atom. The Labute approximate surface area is 207 Å². The van der Waals surface area contributed by atoms with Crippen LogP contribution in [-0.2, 0) is 6.54 Å². The van der Waals surface area contributed by atoms with Crippen LogP contribution in [0.1, 0.15) is 48.2 Å². The van der Waals surface area contributed by atoms with E-state index >= 15 is 0 Å². The van der Waals surface area contributed by atoms with Crippen molar-refractivity contribution in [2.45, 2.75) is 44.7 Å². The minimum absolute atomic E-state index is 0.00328. The van der Waals surface area contributed by atoms with E-state index in [1.54, 1.807) is 24.5 Å². The molecule has 35 heavy (non-hydrogen) atoms. The van der Waals surface area contributed by atoms with Crippen molar-refractivity contribution in [3.8, 4) is 11.3 Å². The molecule has 0 aliphatic heterocycles. The average Bonchev–Trinajstić information content (AvgIpc) is 3.36. The molecule has 9 nitrogen and oxygen atoms in total. The zero-order valence-electron chi connectivity index (χ0n) is 19.3. The molecular weight excluding hydrogens is 473 g/mol. The Balaban J connectivity index is 1.52. The van der Waals surface area contributed by atoms with Crippen molar-refractivity contribution >= 4 is 35.2 Å². The van der Waals surface area contributed by atoms with Crippen molar-refractivity contribution in [3.05, 3.63) is 58.8 Å². The van der Waals surface area contributed by atoms with Gasteiger partial charge in [-0.2, -0.15) is 0 Å². The van der Waals surface area contributed by atoms with Crippen molar-refractivity contribution in [1.29, 1.82) is 0 Å². The lowest BCUT2D eigenvalue weighted by Crippen LogP contribution is -2.26. The summed E-state index contributed by atoms with van der Waals surface area (Å²) in [6.45, 7) is 0.180. The highest BCUT2D eigenvalue weighted by Gasteiger charge is 2.18. The maximum absolute atomic E-state index is 13.4. The molecule has 5 N–H and O–H groups in total. The molecule has 2 aromatic heterocycles. The lowest BCUT2D eigenvalue weighted by Gasteiger charge is -2.23. The summed E-state index contributed by atoms with van der Waals surface area (Å²) in [5.74, 6) is -0.402. The van der Waals surface area contributed by atoms with Crippen LogP contribution in [0.25, 0.3) is 11.3 Å². The summed E-state index contributed by atoms with van der Waals surface area (Å²) < 4.78 is 13.4. The number of carbonyl (C=O) groups excluding carboxylic acids is 2. The number of nitrogens with one attached hydrogen (secondary N) is 5. The van der Waals surface area contributed by atoms with Gasteiger partial charge >= 0.3 is 6.03 Å². The Bertz CT molecular complexity index is 1210. The van der Waals surface area contributed by atoms with Crippen molar-refractivity contribution in [2.24, 2.45) is 0 Å². The molecule has 0 unspecified atom stereocenters. The fraction of sp³-hybridized carbons (Fsp3) is 0.333. The predicted octanol–water partition coefficient (Wildman–Crippen LogP) is 4.69. The number of nitrogens with zero attached hydrogens (tertiary/aromatic N) is 2. The Kier molecular flexibility index (Phi) is 7.81. The maximum atomic E-state index is 13.4. The van der Waals surface area contributed by atoms with Gasteiger partial charge in [-0.1, -0.05) is 36.9 Å². The van der Waals surface area contributed by atoms with E-state index in [9.17, 15) is 14.0 Å². The van der Waals surface area contributed by atoms with Gasteiger partial charge in [0, 0.05) is 31.4 Å². The summed E-state index contributed by atoms with van der Waals surface area (Å²) in [5, 5.41) is 11.4. The molecule has 0 spiro atoms. The molecule has 2 heterocycles. The quantitative estimate of drug-likeness (QED) is 0.322. The van der Waals surface area contributed by atoms with Crippen LogP contribution in [0.15, 0.2) is 36.7 Å². The molecule has 0 atom stereocenters. The number of hydrogen-bond donors (Lipinski definition) is 5. The Hall–Kier alpha value is -3.66. The number of rotatable bonds is 7. The fourth-order valence-corrected chi connectivity index (χ4v) is 4.17. The number of benzene rings is 1. The van der Waals surface area contributed by atoms with Crippen LogP contribution in [0, 0.1) is 5.82 Å². The van der Waals surface area contributed by atoms with Crippen LogP contribution < -0.4 is 21.3 Å². The van der Waals surface area contributed by atoms with Crippen molar-refractivity contribution < 1.29 is 14.0 Å². The summed E-state index contributed by atoms with van der Waals surface area (Å²) >= 11 is 5.81. The number of aromatic amines is 1. The average molecular weight is 500 g/mol. The molecule has 1 aliphatic carbocycles. The number of H-pyrrole nitrogens is 1. The van der Waals surface area contributed by atoms with Gasteiger partial charge in [0.1, 0.15) is 17.2 Å². The monoisotopic (exact) mass is 499 g/mol. The number of hydrogen-bond acceptors (Lipinski definition) is 5. The lowest BCUT2D eigenvalue weighted by molar-refractivity contribution is 0.0946. The highest BCUT2D eigenvalue weighted by atomic mass is 35.5. The highest BCUT2D eigenvalue weighted by Crippen LogP contribution is 2.28. The minimum Gasteiger partial charge on any atom is -0.357 e. The van der Waals surface area contributed by atoms with E-state index in [0.29, 0.717) is 40.2 Å². The van der Waals surface area contributed by atoms with Crippen LogP contribution >= 0.6 is 11.6 Å². The van der Waals surface area contributed by atoms with Gasteiger partial charge in [0.2, 0.25) is 5.95 Å². The van der Waals surface area contributed by atoms with E-state index in [4.69, 9.17) is 11.6 Å². The topological polar surface area (TPSA) is 124 Å². The molecule has 3 aromatic rings. The first-order chi connectivity index (χ1) is 16.9. The standard InChI is InChI=1S/C24H27ClFN7O2/c1-27-24(35)32-20-13-30-23(31-16-5-3-2-4-6-16)33-21(20)15-10-19(28-12-15)22(34)29-11-14-7-8-18(26)17(25)9-14/h7-10,12-13,16,28H,2-6,11H2,1H3,(H,29,34)(H2,27,32,35)(H,30,31,33). The largest absolute Gasteiger partial charge is 0.357 e. The molecular formula is C24H27ClFN7O2. The van der Waals surface area contributed by atoms with Gasteiger partial charge in [0.05, 0.1) is 16.9 Å². The van der Waals surface area contributed by atoms with Gasteiger partial charge in [-0.15, -0.1) is 0 Å². The lowest BCUT2D eigenvalue weighted by atomic mass is 9.96. The molecule has 0 radical (unpaired) electrons. The summed E-state index contributed by atoms with van der Waals surface area (Å²) in [6, 6.07) is 5.83. The number of aromatic nitrogens is 3. The normalized spacial score (nSPS) is 13.8. The molecule has 1 saturated carbocycles. The SMILES string of the molecule is CNC(=O)Nc1cnc(NC2CCCCC2)nc1-c1c[nH]c(C(=O)NCc2ccc(F)c(Cl)c2)c1. The van der Waals surface area contributed by atoms with Crippen LogP contribution in [0.5, 0.6) is 0 Å². The third-order valence-electron chi connectivity index (χ3n) is 5.84. The third-order valence-corrected chi connectivity index (χ3v) is 6.13. The molecule has 1 aliphatic rings. The molecule has 11 heteroatoms. The third kappa shape index (κ3) is 6.27. The van der Waals surface area contributed by atoms with Gasteiger partial charge in [-0.25, -0.2) is 19.2 Å². The predicted molar refractivity (Wildman–Crippen MR) is 133 cm³/mol. The van der Waals surface area contributed by atoms with E-state index in [0.717, 1.165) is 12.8 Å². The molecule has 1 fully saturated rings. The maximum Gasteiger partial charge on any atom is 0.319 e. The number of halogens is 2. The van der Waals surface area contributed by atoms with Gasteiger partial charge < -0.3 is 26.3 Å². The van der Waals surface area contributed by atoms with E-state index in [-0.39, 0.29) is 17.5 Å². The van der Waals surface area contributed by atoms with E-state index in [1.165, 1.54) is 38.4 Å². The minimum atomic E-state index is -0.515. The van der Waals surface area contributed by atoms with Crippen molar-refractivity contribution in [1.82, 2.24) is 25.6 Å². The van der Waals surface area contributed by atoms with Crippen molar-refractivity contribution in [3.63, 3.8) is 0 Å². The highest BCUT2D eigenvalue weighted by molar-refractivity contribution is 6.30. The number of carbonyl (C=O) groups is 2. The van der Waals surface area contributed by atoms with Crippen molar-refractivity contribution in [2.75, 3.05) is 17.7 Å². The molecule has 184 valence electrons. The molecule has 1 aromatic carbocycles. The smallest absolute Gasteiger partial charge is 0.319 e. The summed E-state index contributed by atoms with van der Waals surface area (Å²) in [5.41, 5.74) is 2.47. The van der Waals surface area contributed by atoms with E-state index in [2.05, 4.69) is 36.2 Å². The Morgan fingerprint density at radius 2 is 2.00 bits per heavy atom. The van der Waals surface area contributed by atoms with Crippen LogP contribution in [0.3, 0.4) is 0 Å². The zero-order chi connectivity index (χ0) is 24.8. The summed E-state index contributed by atoms with van der Waals surface area (Å²) in [7, 11) is 1.52. The van der Waals surface area contributed by atoms with Crippen LogP contribution in [0.4, 0.5) is 20.8 Å². The molecule has 0 bridgehead atoms. The van der Waals surface area contributed by atoms with E-state index in [1.807, 2.05) is 0 Å². The van der Waals surface area contributed by atoms with E-state index < -0.39 is 11.8 Å². The first kappa shape index (κ1) is 24.5. The second-order valence-corrected chi connectivity index (χ2v) is 8.78.